The molecule has 1 saturated heterocycles. The zero-order chi connectivity index (χ0) is 5.11. The second-order valence-electron chi connectivity index (χ2n) is 1.07. The van der Waals surface area contributed by atoms with E-state index in [9.17, 15) is 0 Å². The number of halogens is 1. The predicted octanol–water partition coefficient (Wildman–Crippen LogP) is 1.06. The molecule has 50 valence electrons. The molecule has 0 aromatic rings. The number of hydrogen-bond acceptors (Lipinski definition) is 3. The van der Waals surface area contributed by atoms with Crippen LogP contribution < -0.4 is 0 Å². The van der Waals surface area contributed by atoms with Crippen LogP contribution in [0.2, 0.25) is 0 Å². The van der Waals surface area contributed by atoms with Gasteiger partial charge in [-0.05, 0) is 0 Å². The molecule has 0 amide bonds. The molecule has 0 aromatic heterocycles. The quantitative estimate of drug-likeness (QED) is 0.512. The van der Waals surface area contributed by atoms with Crippen molar-refractivity contribution in [1.29, 1.82) is 0 Å². The van der Waals surface area contributed by atoms with E-state index in [0.717, 1.165) is 0 Å². The van der Waals surface area contributed by atoms with E-state index in [1.807, 2.05) is 0 Å². The van der Waals surface area contributed by atoms with Crippen LogP contribution in [0.15, 0.2) is 0 Å². The first kappa shape index (κ1) is 8.24. The zero-order valence-electron chi connectivity index (χ0n) is 4.49. The molecule has 3 nitrogen and oxygen atoms in total. The second-order valence-corrected chi connectivity index (χ2v) is 2.40. The van der Waals surface area contributed by atoms with E-state index in [2.05, 4.69) is 0 Å². The molecule has 0 aromatic carbocycles. The van der Waals surface area contributed by atoms with Gasteiger partial charge in [0, 0.05) is 7.11 Å². The van der Waals surface area contributed by atoms with Crippen molar-refractivity contribution in [2.24, 2.45) is 0 Å². The fraction of sp³-hybridized carbons (Fsp3) is 1.00. The lowest BCUT2D eigenvalue weighted by atomic mass is 10.8. The van der Waals surface area contributed by atoms with Crippen molar-refractivity contribution < 1.29 is 18.3 Å². The van der Waals surface area contributed by atoms with Gasteiger partial charge in [0.1, 0.15) is 0 Å². The maximum absolute atomic E-state index is 4.92. The Morgan fingerprint density at radius 3 is 2.12 bits per heavy atom. The fourth-order valence-electron chi connectivity index (χ4n) is 0.366. The van der Waals surface area contributed by atoms with Gasteiger partial charge in [-0.2, -0.15) is 0 Å². The molecule has 0 saturated carbocycles. The normalized spacial score (nSPS) is 20.6. The standard InChI is InChI=1S/C3H7O3P.FH/c1-4-7-5-2-3-6-7;/h2-3H2,1H3;1H. The van der Waals surface area contributed by atoms with Gasteiger partial charge in [0.25, 0.3) is 0 Å². The smallest absolute Gasteiger partial charge is 0.316 e. The van der Waals surface area contributed by atoms with Crippen molar-refractivity contribution in [1.82, 2.24) is 0 Å². The SMILES string of the molecule is COP1OCCO1.F. The van der Waals surface area contributed by atoms with Crippen LogP contribution in [0.5, 0.6) is 0 Å². The van der Waals surface area contributed by atoms with Gasteiger partial charge < -0.3 is 13.6 Å². The van der Waals surface area contributed by atoms with Gasteiger partial charge >= 0.3 is 8.60 Å². The van der Waals surface area contributed by atoms with Crippen LogP contribution in [-0.4, -0.2) is 20.3 Å². The molecule has 1 heterocycles. The molecule has 5 heteroatoms. The first-order chi connectivity index (χ1) is 3.43. The first-order valence-corrected chi connectivity index (χ1v) is 3.13. The molecule has 8 heavy (non-hydrogen) atoms. The third kappa shape index (κ3) is 2.01. The molecule has 0 radical (unpaired) electrons. The topological polar surface area (TPSA) is 27.7 Å². The van der Waals surface area contributed by atoms with Gasteiger partial charge in [-0.15, -0.1) is 0 Å². The Balaban J connectivity index is 0.000000490. The molecule has 0 bridgehead atoms. The third-order valence-electron chi connectivity index (χ3n) is 0.626. The lowest BCUT2D eigenvalue weighted by Gasteiger charge is -1.99. The molecule has 0 spiro atoms. The average molecular weight is 142 g/mol. The molecule has 1 fully saturated rings. The highest BCUT2D eigenvalue weighted by Crippen LogP contribution is 2.41. The van der Waals surface area contributed by atoms with Crippen LogP contribution in [0.25, 0.3) is 0 Å². The second kappa shape index (κ2) is 4.15. The Kier molecular flexibility index (Phi) is 4.28. The Labute approximate surface area is 48.3 Å². The predicted molar refractivity (Wildman–Crippen MR) is 28.3 cm³/mol. The van der Waals surface area contributed by atoms with Crippen LogP contribution in [-0.2, 0) is 13.6 Å². The summed E-state index contributed by atoms with van der Waals surface area (Å²) in [4.78, 5) is 0. The van der Waals surface area contributed by atoms with Gasteiger partial charge in [-0.25, -0.2) is 0 Å². The summed E-state index contributed by atoms with van der Waals surface area (Å²) in [6.45, 7) is 1.36. The molecule has 0 aliphatic carbocycles. The molecular weight excluding hydrogens is 134 g/mol. The Morgan fingerprint density at radius 2 is 1.88 bits per heavy atom. The molecular formula is C3H8FO3P. The first-order valence-electron chi connectivity index (χ1n) is 2.03. The maximum atomic E-state index is 4.92. The van der Waals surface area contributed by atoms with Crippen molar-refractivity contribution in [3.05, 3.63) is 0 Å². The Morgan fingerprint density at radius 1 is 1.38 bits per heavy atom. The van der Waals surface area contributed by atoms with E-state index in [1.165, 1.54) is 0 Å². The third-order valence-corrected chi connectivity index (χ3v) is 1.71. The van der Waals surface area contributed by atoms with Gasteiger partial charge in [0.15, 0.2) is 0 Å². The lowest BCUT2D eigenvalue weighted by Crippen LogP contribution is -1.79. The number of rotatable bonds is 1. The fourth-order valence-corrected chi connectivity index (χ4v) is 1.10. The Bertz CT molecular complexity index is 56.5. The van der Waals surface area contributed by atoms with Gasteiger partial charge in [-0.1, -0.05) is 0 Å². The van der Waals surface area contributed by atoms with Crippen molar-refractivity contribution in [3.63, 3.8) is 0 Å². The van der Waals surface area contributed by atoms with E-state index in [0.29, 0.717) is 13.2 Å². The molecule has 1 rings (SSSR count). The summed E-state index contributed by atoms with van der Waals surface area (Å²) in [5, 5.41) is 0. The van der Waals surface area contributed by atoms with Crippen molar-refractivity contribution in [2.75, 3.05) is 20.3 Å². The number of hydrogen-bond donors (Lipinski definition) is 0. The molecule has 0 unspecified atom stereocenters. The molecule has 1 aliphatic heterocycles. The van der Waals surface area contributed by atoms with E-state index in [4.69, 9.17) is 13.6 Å². The van der Waals surface area contributed by atoms with E-state index < -0.39 is 8.60 Å². The van der Waals surface area contributed by atoms with Crippen molar-refractivity contribution in [2.45, 2.75) is 0 Å². The van der Waals surface area contributed by atoms with E-state index in [1.54, 1.807) is 7.11 Å². The summed E-state index contributed by atoms with van der Waals surface area (Å²) in [7, 11) is 0.637. The van der Waals surface area contributed by atoms with Crippen LogP contribution in [0.1, 0.15) is 0 Å². The van der Waals surface area contributed by atoms with Gasteiger partial charge in [-0.3, -0.25) is 4.70 Å². The van der Waals surface area contributed by atoms with Crippen LogP contribution in [0, 0.1) is 0 Å². The van der Waals surface area contributed by atoms with E-state index >= 15 is 0 Å². The largest absolute Gasteiger partial charge is 0.332 e. The van der Waals surface area contributed by atoms with Crippen molar-refractivity contribution in [3.8, 4) is 0 Å². The summed E-state index contributed by atoms with van der Waals surface area (Å²) in [6, 6.07) is 0. The highest BCUT2D eigenvalue weighted by atomic mass is 31.2. The maximum Gasteiger partial charge on any atom is 0.332 e. The highest BCUT2D eigenvalue weighted by molar-refractivity contribution is 7.41. The summed E-state index contributed by atoms with van der Waals surface area (Å²) in [5.41, 5.74) is 0. The van der Waals surface area contributed by atoms with Crippen LogP contribution >= 0.6 is 8.60 Å². The summed E-state index contributed by atoms with van der Waals surface area (Å²) in [6.07, 6.45) is 0. The average Bonchev–Trinajstić information content (AvgIpc) is 2.14. The lowest BCUT2D eigenvalue weighted by molar-refractivity contribution is 0.297. The summed E-state index contributed by atoms with van der Waals surface area (Å²) < 4.78 is 14.6. The van der Waals surface area contributed by atoms with Crippen LogP contribution in [0.4, 0.5) is 4.70 Å². The summed E-state index contributed by atoms with van der Waals surface area (Å²) >= 11 is 0. The van der Waals surface area contributed by atoms with Gasteiger partial charge in [0.2, 0.25) is 0 Å². The minimum Gasteiger partial charge on any atom is -0.316 e. The summed E-state index contributed by atoms with van der Waals surface area (Å²) in [5.74, 6) is 0. The molecule has 0 atom stereocenters. The Hall–Kier alpha value is 0.240. The minimum atomic E-state index is -0.943. The monoisotopic (exact) mass is 142 g/mol. The highest BCUT2D eigenvalue weighted by Gasteiger charge is 2.15. The zero-order valence-corrected chi connectivity index (χ0v) is 5.39. The van der Waals surface area contributed by atoms with Crippen molar-refractivity contribution >= 4 is 8.60 Å². The minimum absolute atomic E-state index is 0. The molecule has 0 N–H and O–H groups in total. The van der Waals surface area contributed by atoms with E-state index in [-0.39, 0.29) is 4.70 Å². The van der Waals surface area contributed by atoms with Gasteiger partial charge in [0.05, 0.1) is 13.2 Å². The van der Waals surface area contributed by atoms with Crippen LogP contribution in [0.3, 0.4) is 0 Å². The molecule has 1 aliphatic rings.